The molecule has 0 aliphatic carbocycles. The fraction of sp³-hybridized carbons (Fsp3) is 0.154. The molecule has 1 N–H and O–H groups in total. The summed E-state index contributed by atoms with van der Waals surface area (Å²) in [6.45, 7) is 3.36. The van der Waals surface area contributed by atoms with Gasteiger partial charge in [-0.15, -0.1) is 0 Å². The summed E-state index contributed by atoms with van der Waals surface area (Å²) < 4.78 is 18.2. The molecule has 1 aliphatic heterocycles. The van der Waals surface area contributed by atoms with Gasteiger partial charge in [-0.3, -0.25) is 4.79 Å². The first kappa shape index (κ1) is 22.9. The molecule has 4 rings (SSSR count). The maximum Gasteiger partial charge on any atom is 0.263 e. The van der Waals surface area contributed by atoms with Gasteiger partial charge >= 0.3 is 0 Å². The average Bonchev–Trinajstić information content (AvgIpc) is 3.15. The van der Waals surface area contributed by atoms with E-state index in [0.717, 1.165) is 22.4 Å². The first-order valence-electron chi connectivity index (χ1n) is 10.5. The van der Waals surface area contributed by atoms with Gasteiger partial charge in [-0.2, -0.15) is 0 Å². The predicted molar refractivity (Wildman–Crippen MR) is 135 cm³/mol. The highest BCUT2D eigenvalue weighted by Gasteiger charge is 2.21. The summed E-state index contributed by atoms with van der Waals surface area (Å²) in [5.74, 6) is 1.97. The third kappa shape index (κ3) is 6.37. The molecule has 0 radical (unpaired) electrons. The molecule has 168 valence electrons. The third-order valence-corrected chi connectivity index (χ3v) is 5.93. The van der Waals surface area contributed by atoms with E-state index in [2.05, 4.69) is 5.32 Å². The molecule has 0 aromatic heterocycles. The number of carbonyl (C=O) groups is 1. The summed E-state index contributed by atoms with van der Waals surface area (Å²) in [7, 11) is 0. The van der Waals surface area contributed by atoms with Crippen molar-refractivity contribution in [2.45, 2.75) is 20.1 Å². The number of ether oxygens (including phenoxy) is 3. The Kier molecular flexibility index (Phi) is 7.65. The van der Waals surface area contributed by atoms with E-state index < -0.39 is 0 Å². The van der Waals surface area contributed by atoms with E-state index in [4.69, 9.17) is 26.4 Å². The molecule has 0 saturated carbocycles. The standard InChI is InChI=1S/C26H23NO4S2/c1-2-29-23-14-20(10-13-22(23)31-16-19-6-4-3-5-7-19)17-30-21-11-8-18(9-12-21)15-24-25(28)27-26(32)33-24/h3-15H,2,16-17H2,1H3,(H,27,28,32)/b24-15+. The summed E-state index contributed by atoms with van der Waals surface area (Å²) in [6, 6.07) is 23.4. The Hall–Kier alpha value is -3.29. The molecular weight excluding hydrogens is 454 g/mol. The van der Waals surface area contributed by atoms with Crippen molar-refractivity contribution in [3.8, 4) is 17.2 Å². The van der Waals surface area contributed by atoms with Crippen LogP contribution in [-0.2, 0) is 18.0 Å². The van der Waals surface area contributed by atoms with Crippen molar-refractivity contribution in [3.05, 3.63) is 94.4 Å². The van der Waals surface area contributed by atoms with Gasteiger partial charge in [0.25, 0.3) is 5.91 Å². The normalized spacial score (nSPS) is 14.3. The van der Waals surface area contributed by atoms with Crippen LogP contribution in [0.25, 0.3) is 6.08 Å². The van der Waals surface area contributed by atoms with Gasteiger partial charge in [0, 0.05) is 0 Å². The molecule has 5 nitrogen and oxygen atoms in total. The van der Waals surface area contributed by atoms with Crippen molar-refractivity contribution < 1.29 is 19.0 Å². The highest BCUT2D eigenvalue weighted by molar-refractivity contribution is 8.26. The highest BCUT2D eigenvalue weighted by atomic mass is 32.2. The molecule has 33 heavy (non-hydrogen) atoms. The topological polar surface area (TPSA) is 56.8 Å². The minimum Gasteiger partial charge on any atom is -0.490 e. The maximum atomic E-state index is 11.8. The number of thioether (sulfide) groups is 1. The fourth-order valence-electron chi connectivity index (χ4n) is 3.16. The first-order valence-corrected chi connectivity index (χ1v) is 11.7. The van der Waals surface area contributed by atoms with Crippen molar-refractivity contribution in [1.82, 2.24) is 5.32 Å². The summed E-state index contributed by atoms with van der Waals surface area (Å²) in [4.78, 5) is 12.4. The van der Waals surface area contributed by atoms with E-state index in [1.165, 1.54) is 11.8 Å². The van der Waals surface area contributed by atoms with E-state index in [1.54, 1.807) is 0 Å². The Balaban J connectivity index is 1.37. The summed E-state index contributed by atoms with van der Waals surface area (Å²) >= 11 is 6.28. The number of rotatable bonds is 9. The Morgan fingerprint density at radius 1 is 0.879 bits per heavy atom. The molecule has 3 aromatic carbocycles. The smallest absolute Gasteiger partial charge is 0.263 e. The molecule has 0 spiro atoms. The maximum absolute atomic E-state index is 11.8. The zero-order chi connectivity index (χ0) is 23.0. The van der Waals surface area contributed by atoms with Crippen LogP contribution in [0.1, 0.15) is 23.6 Å². The molecule has 1 saturated heterocycles. The van der Waals surface area contributed by atoms with Crippen molar-refractivity contribution in [2.75, 3.05) is 6.61 Å². The molecule has 7 heteroatoms. The minimum atomic E-state index is -0.161. The quantitative estimate of drug-likeness (QED) is 0.314. The molecule has 0 unspecified atom stereocenters. The number of hydrogen-bond donors (Lipinski definition) is 1. The van der Waals surface area contributed by atoms with Crippen LogP contribution in [0.15, 0.2) is 77.7 Å². The van der Waals surface area contributed by atoms with Gasteiger partial charge in [-0.05, 0) is 54.0 Å². The Bertz CT molecular complexity index is 1160. The van der Waals surface area contributed by atoms with Gasteiger partial charge in [0.15, 0.2) is 11.5 Å². The van der Waals surface area contributed by atoms with Gasteiger partial charge in [-0.1, -0.05) is 72.5 Å². The van der Waals surface area contributed by atoms with E-state index in [9.17, 15) is 4.79 Å². The summed E-state index contributed by atoms with van der Waals surface area (Å²) in [5.41, 5.74) is 2.98. The first-order chi connectivity index (χ1) is 16.1. The molecule has 0 bridgehead atoms. The van der Waals surface area contributed by atoms with Crippen LogP contribution in [0, 0.1) is 0 Å². The van der Waals surface area contributed by atoms with Gasteiger partial charge < -0.3 is 19.5 Å². The van der Waals surface area contributed by atoms with E-state index in [0.29, 0.717) is 40.5 Å². The number of benzene rings is 3. The van der Waals surface area contributed by atoms with Gasteiger partial charge in [0.05, 0.1) is 11.5 Å². The molecule has 1 fully saturated rings. The van der Waals surface area contributed by atoms with Crippen molar-refractivity contribution >= 4 is 40.3 Å². The van der Waals surface area contributed by atoms with Crippen molar-refractivity contribution in [3.63, 3.8) is 0 Å². The number of amides is 1. The lowest BCUT2D eigenvalue weighted by Crippen LogP contribution is -2.17. The van der Waals surface area contributed by atoms with Crippen LogP contribution in [0.2, 0.25) is 0 Å². The lowest BCUT2D eigenvalue weighted by atomic mass is 10.2. The van der Waals surface area contributed by atoms with E-state index in [1.807, 2.05) is 85.8 Å². The van der Waals surface area contributed by atoms with Crippen molar-refractivity contribution in [2.24, 2.45) is 0 Å². The SMILES string of the molecule is CCOc1cc(COc2ccc(/C=C3/SC(=S)NC3=O)cc2)ccc1OCc1ccccc1. The number of carbonyl (C=O) groups excluding carboxylic acids is 1. The molecule has 1 amide bonds. The highest BCUT2D eigenvalue weighted by Crippen LogP contribution is 2.30. The Morgan fingerprint density at radius 3 is 2.33 bits per heavy atom. The molecule has 1 heterocycles. The molecule has 3 aromatic rings. The van der Waals surface area contributed by atoms with E-state index in [-0.39, 0.29) is 5.91 Å². The van der Waals surface area contributed by atoms with Gasteiger partial charge in [0.1, 0.15) is 23.3 Å². The van der Waals surface area contributed by atoms with Crippen LogP contribution < -0.4 is 19.5 Å². The second-order valence-corrected chi connectivity index (χ2v) is 8.92. The van der Waals surface area contributed by atoms with Gasteiger partial charge in [-0.25, -0.2) is 0 Å². The second kappa shape index (κ2) is 11.0. The number of thiocarbonyl (C=S) groups is 1. The predicted octanol–water partition coefficient (Wildman–Crippen LogP) is 5.73. The van der Waals surface area contributed by atoms with Crippen LogP contribution in [0.4, 0.5) is 0 Å². The monoisotopic (exact) mass is 477 g/mol. The summed E-state index contributed by atoms with van der Waals surface area (Å²) in [6.07, 6.45) is 1.81. The van der Waals surface area contributed by atoms with E-state index >= 15 is 0 Å². The molecule has 0 atom stereocenters. The molecular formula is C26H23NO4S2. The van der Waals surface area contributed by atoms with Crippen LogP contribution >= 0.6 is 24.0 Å². The Labute approximate surface area is 202 Å². The van der Waals surface area contributed by atoms with Crippen molar-refractivity contribution in [1.29, 1.82) is 0 Å². The third-order valence-electron chi connectivity index (χ3n) is 4.77. The largest absolute Gasteiger partial charge is 0.490 e. The van der Waals surface area contributed by atoms with Crippen LogP contribution in [0.3, 0.4) is 0 Å². The van der Waals surface area contributed by atoms with Crippen LogP contribution in [-0.4, -0.2) is 16.8 Å². The summed E-state index contributed by atoms with van der Waals surface area (Å²) in [5, 5.41) is 2.61. The average molecular weight is 478 g/mol. The number of nitrogens with one attached hydrogen (secondary N) is 1. The van der Waals surface area contributed by atoms with Crippen LogP contribution in [0.5, 0.6) is 17.2 Å². The fourth-order valence-corrected chi connectivity index (χ4v) is 4.21. The van der Waals surface area contributed by atoms with Gasteiger partial charge in [0.2, 0.25) is 0 Å². The lowest BCUT2D eigenvalue weighted by molar-refractivity contribution is -0.115. The molecule has 1 aliphatic rings. The zero-order valence-corrected chi connectivity index (χ0v) is 19.7. The number of hydrogen-bond acceptors (Lipinski definition) is 6. The Morgan fingerprint density at radius 2 is 1.64 bits per heavy atom. The zero-order valence-electron chi connectivity index (χ0n) is 18.1. The lowest BCUT2D eigenvalue weighted by Gasteiger charge is -2.14. The minimum absolute atomic E-state index is 0.161. The second-order valence-electron chi connectivity index (χ2n) is 7.20.